The Balaban J connectivity index is 2.62. The van der Waals surface area contributed by atoms with E-state index in [2.05, 4.69) is 66.0 Å². The minimum absolute atomic E-state index is 0.201. The highest BCUT2D eigenvalue weighted by Gasteiger charge is 2.36. The predicted octanol–water partition coefficient (Wildman–Crippen LogP) is 6.93. The standard InChI is InChI=1S/C25H45NO3Si/c1-19(2)11-10-12-20(3)17-24(27)22-14-13-21(18-23(22)26-7)28-15-16-29-30(8,9)25(4,5)6/h11,13-14,18,20,24,26-27H,10,12,15-17H2,1-9H3/t20-,24?/m1/s1. The predicted molar refractivity (Wildman–Crippen MR) is 132 cm³/mol. The molecule has 0 bridgehead atoms. The minimum Gasteiger partial charge on any atom is -0.491 e. The first kappa shape index (κ1) is 26.7. The van der Waals surface area contributed by atoms with Gasteiger partial charge in [-0.3, -0.25) is 0 Å². The summed E-state index contributed by atoms with van der Waals surface area (Å²) in [4.78, 5) is 0. The molecule has 0 aliphatic carbocycles. The topological polar surface area (TPSA) is 50.7 Å². The van der Waals surface area contributed by atoms with Gasteiger partial charge in [-0.1, -0.05) is 45.4 Å². The van der Waals surface area contributed by atoms with Crippen molar-refractivity contribution < 1.29 is 14.3 Å². The van der Waals surface area contributed by atoms with Crippen molar-refractivity contribution >= 4 is 14.0 Å². The lowest BCUT2D eigenvalue weighted by Crippen LogP contribution is -2.41. The molecule has 5 heteroatoms. The fourth-order valence-electron chi connectivity index (χ4n) is 3.09. The Labute approximate surface area is 186 Å². The number of anilines is 1. The van der Waals surface area contributed by atoms with Gasteiger partial charge in [0.25, 0.3) is 0 Å². The largest absolute Gasteiger partial charge is 0.491 e. The van der Waals surface area contributed by atoms with Gasteiger partial charge in [0, 0.05) is 24.4 Å². The lowest BCUT2D eigenvalue weighted by atomic mass is 9.93. The molecule has 0 spiro atoms. The molecule has 1 aromatic rings. The number of aliphatic hydroxyl groups excluding tert-OH is 1. The first-order valence-electron chi connectivity index (χ1n) is 11.3. The van der Waals surface area contributed by atoms with Gasteiger partial charge in [-0.05, 0) is 63.2 Å². The molecule has 0 amide bonds. The third-order valence-corrected chi connectivity index (χ3v) is 10.7. The second kappa shape index (κ2) is 11.9. The monoisotopic (exact) mass is 435 g/mol. The number of hydrogen-bond acceptors (Lipinski definition) is 4. The molecule has 30 heavy (non-hydrogen) atoms. The zero-order valence-corrected chi connectivity index (χ0v) is 21.8. The molecule has 172 valence electrons. The fourth-order valence-corrected chi connectivity index (χ4v) is 4.11. The van der Waals surface area contributed by atoms with Crippen LogP contribution in [0.4, 0.5) is 5.69 Å². The highest BCUT2D eigenvalue weighted by molar-refractivity contribution is 6.74. The third kappa shape index (κ3) is 8.82. The quantitative estimate of drug-likeness (QED) is 0.212. The molecule has 0 radical (unpaired) electrons. The van der Waals surface area contributed by atoms with Crippen molar-refractivity contribution in [2.75, 3.05) is 25.6 Å². The van der Waals surface area contributed by atoms with Crippen LogP contribution in [0.15, 0.2) is 29.8 Å². The van der Waals surface area contributed by atoms with Crippen LogP contribution in [-0.2, 0) is 4.43 Å². The molecule has 0 fully saturated rings. The summed E-state index contributed by atoms with van der Waals surface area (Å²) < 4.78 is 12.1. The summed E-state index contributed by atoms with van der Waals surface area (Å²) >= 11 is 0. The molecular formula is C25H45NO3Si. The number of aliphatic hydroxyl groups is 1. The van der Waals surface area contributed by atoms with Crippen LogP contribution in [-0.4, -0.2) is 33.7 Å². The SMILES string of the molecule is CNc1cc(OCCO[Si](C)(C)C(C)(C)C)ccc1C(O)C[C@H](C)CCC=C(C)C. The molecule has 0 saturated heterocycles. The molecule has 0 saturated carbocycles. The molecular weight excluding hydrogens is 390 g/mol. The Morgan fingerprint density at radius 1 is 1.20 bits per heavy atom. The van der Waals surface area contributed by atoms with E-state index >= 15 is 0 Å². The van der Waals surface area contributed by atoms with E-state index in [0.29, 0.717) is 19.1 Å². The molecule has 0 aliphatic rings. The van der Waals surface area contributed by atoms with Crippen molar-refractivity contribution in [3.8, 4) is 5.75 Å². The second-order valence-corrected chi connectivity index (χ2v) is 15.0. The van der Waals surface area contributed by atoms with Gasteiger partial charge in [0.1, 0.15) is 12.4 Å². The fraction of sp³-hybridized carbons (Fsp3) is 0.680. The lowest BCUT2D eigenvalue weighted by molar-refractivity contribution is 0.146. The molecule has 0 aromatic heterocycles. The van der Waals surface area contributed by atoms with Crippen molar-refractivity contribution in [1.29, 1.82) is 0 Å². The molecule has 2 atom stereocenters. The van der Waals surface area contributed by atoms with E-state index in [-0.39, 0.29) is 5.04 Å². The Kier molecular flexibility index (Phi) is 10.6. The maximum Gasteiger partial charge on any atom is 0.192 e. The van der Waals surface area contributed by atoms with Crippen LogP contribution in [0.1, 0.15) is 72.5 Å². The van der Waals surface area contributed by atoms with Gasteiger partial charge >= 0.3 is 0 Å². The number of allylic oxidation sites excluding steroid dienone is 2. The Morgan fingerprint density at radius 3 is 2.43 bits per heavy atom. The van der Waals surface area contributed by atoms with E-state index < -0.39 is 14.4 Å². The van der Waals surface area contributed by atoms with E-state index in [4.69, 9.17) is 9.16 Å². The van der Waals surface area contributed by atoms with Crippen LogP contribution in [0.2, 0.25) is 18.1 Å². The first-order valence-corrected chi connectivity index (χ1v) is 14.2. The highest BCUT2D eigenvalue weighted by Crippen LogP contribution is 2.36. The molecule has 4 nitrogen and oxygen atoms in total. The summed E-state index contributed by atoms with van der Waals surface area (Å²) in [5.41, 5.74) is 3.20. The van der Waals surface area contributed by atoms with Crippen LogP contribution in [0.5, 0.6) is 5.75 Å². The van der Waals surface area contributed by atoms with E-state index in [1.807, 2.05) is 25.2 Å². The summed E-state index contributed by atoms with van der Waals surface area (Å²) in [6, 6.07) is 5.89. The lowest BCUT2D eigenvalue weighted by Gasteiger charge is -2.36. The van der Waals surface area contributed by atoms with Gasteiger partial charge in [-0.15, -0.1) is 0 Å². The van der Waals surface area contributed by atoms with Gasteiger partial charge in [0.15, 0.2) is 8.32 Å². The number of benzene rings is 1. The minimum atomic E-state index is -1.75. The number of ether oxygens (including phenoxy) is 1. The Bertz CT molecular complexity index is 675. The molecule has 1 aromatic carbocycles. The zero-order valence-electron chi connectivity index (χ0n) is 20.8. The number of hydrogen-bond donors (Lipinski definition) is 2. The van der Waals surface area contributed by atoms with Crippen LogP contribution in [0.25, 0.3) is 0 Å². The zero-order chi connectivity index (χ0) is 22.9. The van der Waals surface area contributed by atoms with Crippen LogP contribution in [0.3, 0.4) is 0 Å². The molecule has 0 heterocycles. The van der Waals surface area contributed by atoms with Gasteiger partial charge in [0.05, 0.1) is 12.7 Å². The van der Waals surface area contributed by atoms with Crippen LogP contribution in [0, 0.1) is 5.92 Å². The number of rotatable bonds is 12. The maximum atomic E-state index is 10.8. The molecule has 1 rings (SSSR count). The number of nitrogens with one attached hydrogen (secondary N) is 1. The Hall–Kier alpha value is -1.30. The van der Waals surface area contributed by atoms with E-state index in [0.717, 1.165) is 36.3 Å². The first-order chi connectivity index (χ1) is 13.9. The van der Waals surface area contributed by atoms with E-state index in [1.165, 1.54) is 5.57 Å². The summed E-state index contributed by atoms with van der Waals surface area (Å²) in [7, 11) is 0.137. The maximum absolute atomic E-state index is 10.8. The summed E-state index contributed by atoms with van der Waals surface area (Å²) in [6.07, 6.45) is 4.70. The van der Waals surface area contributed by atoms with Crippen LogP contribution < -0.4 is 10.1 Å². The van der Waals surface area contributed by atoms with Gasteiger partial charge < -0.3 is 19.6 Å². The smallest absolute Gasteiger partial charge is 0.192 e. The molecule has 2 N–H and O–H groups in total. The van der Waals surface area contributed by atoms with Crippen LogP contribution >= 0.6 is 0 Å². The van der Waals surface area contributed by atoms with Crippen molar-refractivity contribution in [2.45, 2.75) is 85.0 Å². The summed E-state index contributed by atoms with van der Waals surface area (Å²) in [5.74, 6) is 1.26. The second-order valence-electron chi connectivity index (χ2n) is 10.2. The van der Waals surface area contributed by atoms with Crippen molar-refractivity contribution in [2.24, 2.45) is 5.92 Å². The average molecular weight is 436 g/mol. The van der Waals surface area contributed by atoms with E-state index in [1.54, 1.807) is 0 Å². The summed E-state index contributed by atoms with van der Waals surface area (Å²) in [6.45, 7) is 18.8. The van der Waals surface area contributed by atoms with Gasteiger partial charge in [-0.2, -0.15) is 0 Å². The average Bonchev–Trinajstić information content (AvgIpc) is 2.63. The third-order valence-electron chi connectivity index (χ3n) is 6.11. The van der Waals surface area contributed by atoms with Gasteiger partial charge in [0.2, 0.25) is 0 Å². The van der Waals surface area contributed by atoms with E-state index in [9.17, 15) is 5.11 Å². The van der Waals surface area contributed by atoms with Crippen molar-refractivity contribution in [3.05, 3.63) is 35.4 Å². The molecule has 1 unspecified atom stereocenters. The normalized spacial score (nSPS) is 14.2. The Morgan fingerprint density at radius 2 is 1.87 bits per heavy atom. The van der Waals surface area contributed by atoms with Gasteiger partial charge in [-0.25, -0.2) is 0 Å². The van der Waals surface area contributed by atoms with Crippen molar-refractivity contribution in [3.63, 3.8) is 0 Å². The molecule has 0 aliphatic heterocycles. The highest BCUT2D eigenvalue weighted by atomic mass is 28.4. The van der Waals surface area contributed by atoms with Crippen molar-refractivity contribution in [1.82, 2.24) is 0 Å². The summed E-state index contributed by atoms with van der Waals surface area (Å²) in [5, 5.41) is 14.2.